The molecule has 2 aromatic rings. The van der Waals surface area contributed by atoms with Crippen LogP contribution in [0.2, 0.25) is 0 Å². The first-order chi connectivity index (χ1) is 9.51. The molecular formula is C15H20N4S. The van der Waals surface area contributed by atoms with E-state index >= 15 is 0 Å². The third kappa shape index (κ3) is 3.17. The molecule has 0 saturated carbocycles. The van der Waals surface area contributed by atoms with Crippen molar-refractivity contribution in [2.45, 2.75) is 34.2 Å². The quantitative estimate of drug-likeness (QED) is 0.846. The van der Waals surface area contributed by atoms with Gasteiger partial charge in [0.15, 0.2) is 5.11 Å². The van der Waals surface area contributed by atoms with Gasteiger partial charge in [-0.05, 0) is 52.0 Å². The van der Waals surface area contributed by atoms with Crippen LogP contribution in [0.15, 0.2) is 24.3 Å². The maximum Gasteiger partial charge on any atom is 0.175 e. The minimum Gasteiger partial charge on any atom is -0.332 e. The van der Waals surface area contributed by atoms with E-state index < -0.39 is 0 Å². The van der Waals surface area contributed by atoms with Gasteiger partial charge in [0, 0.05) is 12.2 Å². The summed E-state index contributed by atoms with van der Waals surface area (Å²) in [7, 11) is 0. The first-order valence-corrected chi connectivity index (χ1v) is 7.10. The molecule has 0 spiro atoms. The predicted molar refractivity (Wildman–Crippen MR) is 88.4 cm³/mol. The summed E-state index contributed by atoms with van der Waals surface area (Å²) < 4.78 is 1.96. The third-order valence-electron chi connectivity index (χ3n) is 3.23. The van der Waals surface area contributed by atoms with E-state index in [9.17, 15) is 0 Å². The first-order valence-electron chi connectivity index (χ1n) is 6.70. The minimum atomic E-state index is 0.579. The Hall–Kier alpha value is -1.88. The third-order valence-corrected chi connectivity index (χ3v) is 3.43. The van der Waals surface area contributed by atoms with Crippen LogP contribution in [-0.4, -0.2) is 14.9 Å². The van der Waals surface area contributed by atoms with Crippen molar-refractivity contribution in [1.82, 2.24) is 9.78 Å². The van der Waals surface area contributed by atoms with Gasteiger partial charge in [-0.25, -0.2) is 0 Å². The number of hydrogen-bond donors (Lipinski definition) is 2. The van der Waals surface area contributed by atoms with E-state index in [1.165, 1.54) is 5.56 Å². The standard InChI is InChI=1S/C15H20N4S/c1-5-19-12(4)14(11(3)18-19)17-15(20)16-13-8-6-10(2)7-9-13/h6-9H,5H2,1-4H3,(H2,16,17,20). The van der Waals surface area contributed by atoms with E-state index in [-0.39, 0.29) is 0 Å². The van der Waals surface area contributed by atoms with E-state index in [1.807, 2.05) is 30.7 Å². The summed E-state index contributed by atoms with van der Waals surface area (Å²) in [5, 5.41) is 11.5. The van der Waals surface area contributed by atoms with Gasteiger partial charge in [-0.3, -0.25) is 4.68 Å². The van der Waals surface area contributed by atoms with Gasteiger partial charge in [-0.2, -0.15) is 5.10 Å². The Bertz CT molecular complexity index is 614. The van der Waals surface area contributed by atoms with Crippen LogP contribution in [0.25, 0.3) is 0 Å². The molecule has 0 amide bonds. The lowest BCUT2D eigenvalue weighted by molar-refractivity contribution is 0.634. The maximum atomic E-state index is 5.36. The average molecular weight is 288 g/mol. The van der Waals surface area contributed by atoms with Crippen LogP contribution in [0.4, 0.5) is 11.4 Å². The zero-order valence-corrected chi connectivity index (χ0v) is 13.1. The van der Waals surface area contributed by atoms with Gasteiger partial charge in [0.2, 0.25) is 0 Å². The Labute approximate surface area is 125 Å². The van der Waals surface area contributed by atoms with Crippen LogP contribution in [0.5, 0.6) is 0 Å². The lowest BCUT2D eigenvalue weighted by atomic mass is 10.2. The molecule has 4 nitrogen and oxygen atoms in total. The average Bonchev–Trinajstić information content (AvgIpc) is 2.69. The van der Waals surface area contributed by atoms with E-state index in [2.05, 4.69) is 41.7 Å². The fourth-order valence-electron chi connectivity index (χ4n) is 2.10. The van der Waals surface area contributed by atoms with E-state index in [0.717, 1.165) is 29.3 Å². The zero-order valence-electron chi connectivity index (χ0n) is 12.3. The minimum absolute atomic E-state index is 0.579. The molecule has 20 heavy (non-hydrogen) atoms. The molecule has 2 N–H and O–H groups in total. The molecule has 0 radical (unpaired) electrons. The number of nitrogens with one attached hydrogen (secondary N) is 2. The SMILES string of the molecule is CCn1nc(C)c(NC(=S)Nc2ccc(C)cc2)c1C. The monoisotopic (exact) mass is 288 g/mol. The summed E-state index contributed by atoms with van der Waals surface area (Å²) in [4.78, 5) is 0. The van der Waals surface area contributed by atoms with Crippen LogP contribution < -0.4 is 10.6 Å². The smallest absolute Gasteiger partial charge is 0.175 e. The second kappa shape index (κ2) is 6.05. The van der Waals surface area contributed by atoms with Gasteiger partial charge in [0.1, 0.15) is 0 Å². The molecule has 0 unspecified atom stereocenters. The predicted octanol–water partition coefficient (Wildman–Crippen LogP) is 3.64. The van der Waals surface area contributed by atoms with E-state index in [4.69, 9.17) is 12.2 Å². The molecule has 5 heteroatoms. The van der Waals surface area contributed by atoms with E-state index in [0.29, 0.717) is 5.11 Å². The lowest BCUT2D eigenvalue weighted by Crippen LogP contribution is -2.19. The van der Waals surface area contributed by atoms with Crippen molar-refractivity contribution in [2.75, 3.05) is 10.6 Å². The maximum absolute atomic E-state index is 5.36. The van der Waals surface area contributed by atoms with Crippen LogP contribution >= 0.6 is 12.2 Å². The lowest BCUT2D eigenvalue weighted by Gasteiger charge is -2.11. The molecule has 1 aromatic heterocycles. The topological polar surface area (TPSA) is 41.9 Å². The van der Waals surface area contributed by atoms with Crippen molar-refractivity contribution in [2.24, 2.45) is 0 Å². The molecule has 106 valence electrons. The van der Waals surface area contributed by atoms with E-state index in [1.54, 1.807) is 0 Å². The van der Waals surface area contributed by atoms with Crippen molar-refractivity contribution >= 4 is 28.7 Å². The molecule has 0 saturated heterocycles. The summed E-state index contributed by atoms with van der Waals surface area (Å²) >= 11 is 5.36. The van der Waals surface area contributed by atoms with Gasteiger partial charge >= 0.3 is 0 Å². The molecule has 0 aliphatic carbocycles. The Morgan fingerprint density at radius 3 is 2.35 bits per heavy atom. The van der Waals surface area contributed by atoms with Crippen molar-refractivity contribution < 1.29 is 0 Å². The number of anilines is 2. The fraction of sp³-hybridized carbons (Fsp3) is 0.333. The van der Waals surface area contributed by atoms with Crippen LogP contribution in [0.1, 0.15) is 23.9 Å². The molecule has 0 aliphatic heterocycles. The number of aryl methyl sites for hydroxylation is 3. The summed E-state index contributed by atoms with van der Waals surface area (Å²) in [6.07, 6.45) is 0. The van der Waals surface area contributed by atoms with Gasteiger partial charge in [0.25, 0.3) is 0 Å². The van der Waals surface area contributed by atoms with Gasteiger partial charge in [-0.15, -0.1) is 0 Å². The highest BCUT2D eigenvalue weighted by Gasteiger charge is 2.11. The van der Waals surface area contributed by atoms with Crippen LogP contribution in [0, 0.1) is 20.8 Å². The molecular weight excluding hydrogens is 268 g/mol. The summed E-state index contributed by atoms with van der Waals surface area (Å²) in [6.45, 7) is 9.01. The highest BCUT2D eigenvalue weighted by molar-refractivity contribution is 7.80. The molecule has 0 fully saturated rings. The van der Waals surface area contributed by atoms with Gasteiger partial charge in [0.05, 0.1) is 17.1 Å². The second-order valence-corrected chi connectivity index (χ2v) is 5.21. The summed E-state index contributed by atoms with van der Waals surface area (Å²) in [5.74, 6) is 0. The largest absolute Gasteiger partial charge is 0.332 e. The molecule has 0 aliphatic rings. The number of thiocarbonyl (C=S) groups is 1. The second-order valence-electron chi connectivity index (χ2n) is 4.81. The molecule has 1 heterocycles. The molecule has 0 atom stereocenters. The van der Waals surface area contributed by atoms with Crippen molar-refractivity contribution in [1.29, 1.82) is 0 Å². The highest BCUT2D eigenvalue weighted by atomic mass is 32.1. The Kier molecular flexibility index (Phi) is 4.39. The highest BCUT2D eigenvalue weighted by Crippen LogP contribution is 2.19. The normalized spacial score (nSPS) is 10.4. The number of hydrogen-bond acceptors (Lipinski definition) is 2. The fourth-order valence-corrected chi connectivity index (χ4v) is 2.32. The van der Waals surface area contributed by atoms with Crippen LogP contribution in [0.3, 0.4) is 0 Å². The molecule has 2 rings (SSSR count). The van der Waals surface area contributed by atoms with Gasteiger partial charge < -0.3 is 10.6 Å². The van der Waals surface area contributed by atoms with Gasteiger partial charge in [-0.1, -0.05) is 17.7 Å². The van der Waals surface area contributed by atoms with Crippen molar-refractivity contribution in [3.8, 4) is 0 Å². The number of rotatable bonds is 3. The van der Waals surface area contributed by atoms with Crippen molar-refractivity contribution in [3.63, 3.8) is 0 Å². The number of nitrogens with zero attached hydrogens (tertiary/aromatic N) is 2. The molecule has 0 bridgehead atoms. The number of aromatic nitrogens is 2. The zero-order chi connectivity index (χ0) is 14.7. The molecule has 1 aromatic carbocycles. The Balaban J connectivity index is 2.08. The number of benzene rings is 1. The summed E-state index contributed by atoms with van der Waals surface area (Å²) in [5.41, 5.74) is 5.24. The first kappa shape index (κ1) is 14.5. The Morgan fingerprint density at radius 1 is 1.15 bits per heavy atom. The van der Waals surface area contributed by atoms with Crippen LogP contribution in [-0.2, 0) is 6.54 Å². The Morgan fingerprint density at radius 2 is 1.80 bits per heavy atom. The summed E-state index contributed by atoms with van der Waals surface area (Å²) in [6, 6.07) is 8.13. The van der Waals surface area contributed by atoms with Crippen molar-refractivity contribution in [3.05, 3.63) is 41.2 Å².